The number of nitrogens with two attached hydrogens (primary N) is 1. The molecule has 4 heteroatoms. The van der Waals surface area contributed by atoms with Gasteiger partial charge >= 0.3 is 0 Å². The molecule has 0 radical (unpaired) electrons. The first kappa shape index (κ1) is 8.07. The summed E-state index contributed by atoms with van der Waals surface area (Å²) in [7, 11) is 0. The van der Waals surface area contributed by atoms with Gasteiger partial charge in [0.1, 0.15) is 5.75 Å². The molecule has 0 atom stereocenters. The zero-order chi connectivity index (χ0) is 9.42. The molecule has 2 rings (SSSR count). The summed E-state index contributed by atoms with van der Waals surface area (Å²) in [5, 5.41) is 11.6. The van der Waals surface area contributed by atoms with Gasteiger partial charge in [-0.25, -0.2) is 0 Å². The first-order valence-electron chi connectivity index (χ1n) is 3.68. The number of rotatable bonds is 1. The van der Waals surface area contributed by atoms with E-state index in [9.17, 15) is 9.90 Å². The number of carbonyl (C=O) groups excluding carboxylic acids is 1. The predicted octanol–water partition coefficient (Wildman–Crippen LogP) is 1.71. The number of benzene rings is 1. The van der Waals surface area contributed by atoms with Crippen LogP contribution in [0.15, 0.2) is 23.6 Å². The Morgan fingerprint density at radius 1 is 1.46 bits per heavy atom. The number of carbonyl (C=O) groups is 1. The van der Waals surface area contributed by atoms with Crippen molar-refractivity contribution in [3.63, 3.8) is 0 Å². The monoisotopic (exact) mass is 193 g/mol. The third-order valence-electron chi connectivity index (χ3n) is 1.82. The molecule has 0 spiro atoms. The van der Waals surface area contributed by atoms with Crippen LogP contribution >= 0.6 is 11.3 Å². The minimum absolute atomic E-state index is 0.147. The Hall–Kier alpha value is -1.55. The molecule has 1 heterocycles. The Balaban J connectivity index is 2.79. The van der Waals surface area contributed by atoms with Gasteiger partial charge in [-0.3, -0.25) is 4.79 Å². The summed E-state index contributed by atoms with van der Waals surface area (Å²) >= 11 is 1.44. The van der Waals surface area contributed by atoms with Crippen LogP contribution < -0.4 is 5.73 Å². The maximum atomic E-state index is 10.9. The molecule has 0 aliphatic heterocycles. The fourth-order valence-electron chi connectivity index (χ4n) is 1.21. The molecule has 0 aliphatic rings. The summed E-state index contributed by atoms with van der Waals surface area (Å²) in [5.41, 5.74) is 5.63. The van der Waals surface area contributed by atoms with Crippen molar-refractivity contribution in [1.29, 1.82) is 0 Å². The van der Waals surface area contributed by atoms with Gasteiger partial charge in [0.15, 0.2) is 0 Å². The van der Waals surface area contributed by atoms with Crippen LogP contribution in [0, 0.1) is 0 Å². The van der Waals surface area contributed by atoms with Crippen LogP contribution in [0.3, 0.4) is 0 Å². The molecule has 1 aromatic carbocycles. The van der Waals surface area contributed by atoms with Crippen LogP contribution in [0.5, 0.6) is 5.75 Å². The molecular weight excluding hydrogens is 186 g/mol. The van der Waals surface area contributed by atoms with Gasteiger partial charge in [0.25, 0.3) is 0 Å². The van der Waals surface area contributed by atoms with Gasteiger partial charge in [0.05, 0.1) is 5.56 Å². The normalized spacial score (nSPS) is 10.5. The third kappa shape index (κ3) is 1.25. The summed E-state index contributed by atoms with van der Waals surface area (Å²) in [6.07, 6.45) is 0. The van der Waals surface area contributed by atoms with E-state index in [2.05, 4.69) is 0 Å². The van der Waals surface area contributed by atoms with Gasteiger partial charge in [-0.1, -0.05) is 0 Å². The maximum absolute atomic E-state index is 10.9. The zero-order valence-corrected chi connectivity index (χ0v) is 7.47. The Morgan fingerprint density at radius 3 is 2.92 bits per heavy atom. The molecule has 0 saturated carbocycles. The largest absolute Gasteiger partial charge is 0.508 e. The SMILES string of the molecule is NC(=O)c1csc2ccc(O)cc12. The van der Waals surface area contributed by atoms with Crippen LogP contribution in [-0.4, -0.2) is 11.0 Å². The zero-order valence-electron chi connectivity index (χ0n) is 6.65. The van der Waals surface area contributed by atoms with E-state index in [1.807, 2.05) is 0 Å². The first-order chi connectivity index (χ1) is 6.18. The van der Waals surface area contributed by atoms with Crippen molar-refractivity contribution in [3.05, 3.63) is 29.1 Å². The molecular formula is C9H7NO2S. The highest BCUT2D eigenvalue weighted by Gasteiger charge is 2.08. The van der Waals surface area contributed by atoms with Crippen molar-refractivity contribution >= 4 is 27.3 Å². The number of thiophene rings is 1. The second kappa shape index (κ2) is 2.74. The molecule has 13 heavy (non-hydrogen) atoms. The van der Waals surface area contributed by atoms with Crippen LogP contribution in [0.4, 0.5) is 0 Å². The number of fused-ring (bicyclic) bond motifs is 1. The maximum Gasteiger partial charge on any atom is 0.250 e. The van der Waals surface area contributed by atoms with Crippen molar-refractivity contribution in [2.24, 2.45) is 5.73 Å². The van der Waals surface area contributed by atoms with Gasteiger partial charge in [-0.2, -0.15) is 0 Å². The second-order valence-electron chi connectivity index (χ2n) is 2.69. The van der Waals surface area contributed by atoms with Crippen LogP contribution in [0.2, 0.25) is 0 Å². The third-order valence-corrected chi connectivity index (χ3v) is 2.79. The van der Waals surface area contributed by atoms with Gasteiger partial charge in [0, 0.05) is 15.5 Å². The average Bonchev–Trinajstić information content (AvgIpc) is 2.46. The fraction of sp³-hybridized carbons (Fsp3) is 0. The fourth-order valence-corrected chi connectivity index (χ4v) is 2.14. The van der Waals surface area contributed by atoms with Crippen LogP contribution in [-0.2, 0) is 0 Å². The predicted molar refractivity (Wildman–Crippen MR) is 52.0 cm³/mol. The molecule has 3 nitrogen and oxygen atoms in total. The van der Waals surface area contributed by atoms with E-state index >= 15 is 0 Å². The summed E-state index contributed by atoms with van der Waals surface area (Å²) in [6, 6.07) is 4.90. The van der Waals surface area contributed by atoms with Crippen molar-refractivity contribution in [3.8, 4) is 5.75 Å². The van der Waals surface area contributed by atoms with Crippen LogP contribution in [0.25, 0.3) is 10.1 Å². The summed E-state index contributed by atoms with van der Waals surface area (Å²) in [6.45, 7) is 0. The van der Waals surface area contributed by atoms with Crippen molar-refractivity contribution < 1.29 is 9.90 Å². The molecule has 2 aromatic rings. The van der Waals surface area contributed by atoms with E-state index in [0.29, 0.717) is 5.56 Å². The second-order valence-corrected chi connectivity index (χ2v) is 3.61. The lowest BCUT2D eigenvalue weighted by Gasteiger charge is -1.94. The van der Waals surface area contributed by atoms with Crippen LogP contribution in [0.1, 0.15) is 10.4 Å². The molecule has 3 N–H and O–H groups in total. The van der Waals surface area contributed by atoms with Crippen molar-refractivity contribution in [1.82, 2.24) is 0 Å². The van der Waals surface area contributed by atoms with E-state index in [0.717, 1.165) is 10.1 Å². The number of aromatic hydroxyl groups is 1. The van der Waals surface area contributed by atoms with Gasteiger partial charge in [-0.05, 0) is 18.2 Å². The topological polar surface area (TPSA) is 63.3 Å². The lowest BCUT2D eigenvalue weighted by molar-refractivity contribution is 0.100. The molecule has 0 fully saturated rings. The quantitative estimate of drug-likeness (QED) is 0.724. The smallest absolute Gasteiger partial charge is 0.250 e. The first-order valence-corrected chi connectivity index (χ1v) is 4.56. The van der Waals surface area contributed by atoms with E-state index in [1.54, 1.807) is 23.6 Å². The lowest BCUT2D eigenvalue weighted by atomic mass is 10.1. The number of primary amides is 1. The highest BCUT2D eigenvalue weighted by Crippen LogP contribution is 2.28. The van der Waals surface area contributed by atoms with E-state index in [4.69, 9.17) is 5.73 Å². The number of hydrogen-bond donors (Lipinski definition) is 2. The standard InChI is InChI=1S/C9H7NO2S/c10-9(12)7-4-13-8-2-1-5(11)3-6(7)8/h1-4,11H,(H2,10,12). The average molecular weight is 193 g/mol. The Labute approximate surface area is 78.4 Å². The minimum Gasteiger partial charge on any atom is -0.508 e. The number of amides is 1. The highest BCUT2D eigenvalue weighted by atomic mass is 32.1. The van der Waals surface area contributed by atoms with Gasteiger partial charge < -0.3 is 10.8 Å². The van der Waals surface area contributed by atoms with Gasteiger partial charge in [0.2, 0.25) is 5.91 Å². The minimum atomic E-state index is -0.461. The van der Waals surface area contributed by atoms with Gasteiger partial charge in [-0.15, -0.1) is 11.3 Å². The van der Waals surface area contributed by atoms with Crippen molar-refractivity contribution in [2.75, 3.05) is 0 Å². The number of phenols is 1. The highest BCUT2D eigenvalue weighted by molar-refractivity contribution is 7.17. The Morgan fingerprint density at radius 2 is 2.23 bits per heavy atom. The summed E-state index contributed by atoms with van der Waals surface area (Å²) < 4.78 is 0.951. The molecule has 66 valence electrons. The molecule has 1 amide bonds. The Bertz CT molecular complexity index is 475. The molecule has 0 aliphatic carbocycles. The van der Waals surface area contributed by atoms with E-state index < -0.39 is 5.91 Å². The molecule has 0 saturated heterocycles. The molecule has 0 bridgehead atoms. The van der Waals surface area contributed by atoms with E-state index in [1.165, 1.54) is 11.3 Å². The van der Waals surface area contributed by atoms with Crippen molar-refractivity contribution in [2.45, 2.75) is 0 Å². The lowest BCUT2D eigenvalue weighted by Crippen LogP contribution is -2.09. The summed E-state index contributed by atoms with van der Waals surface area (Å²) in [4.78, 5) is 10.9. The Kier molecular flexibility index (Phi) is 1.70. The molecule has 1 aromatic heterocycles. The van der Waals surface area contributed by atoms with E-state index in [-0.39, 0.29) is 5.75 Å². The summed E-state index contributed by atoms with van der Waals surface area (Å²) in [5.74, 6) is -0.315. The molecule has 0 unspecified atom stereocenters. The number of hydrogen-bond acceptors (Lipinski definition) is 3. The number of phenolic OH excluding ortho intramolecular Hbond substituents is 1.